The van der Waals surface area contributed by atoms with E-state index in [1.54, 1.807) is 25.1 Å². The van der Waals surface area contributed by atoms with Crippen LogP contribution in [-0.2, 0) is 14.6 Å². The van der Waals surface area contributed by atoms with Gasteiger partial charge in [0, 0.05) is 17.1 Å². The third-order valence-corrected chi connectivity index (χ3v) is 4.91. The highest BCUT2D eigenvalue weighted by Gasteiger charge is 2.26. The second-order valence-corrected chi connectivity index (χ2v) is 6.77. The molecule has 0 spiro atoms. The first kappa shape index (κ1) is 14.5. The first-order chi connectivity index (χ1) is 8.27. The van der Waals surface area contributed by atoms with E-state index in [1.807, 2.05) is 0 Å². The van der Waals surface area contributed by atoms with Gasteiger partial charge in [-0.2, -0.15) is 0 Å². The lowest BCUT2D eigenvalue weighted by Crippen LogP contribution is -2.33. The average Bonchev–Trinajstić information content (AvgIpc) is 2.31. The molecule has 100 valence electrons. The third-order valence-electron chi connectivity index (χ3n) is 2.82. The van der Waals surface area contributed by atoms with Crippen molar-refractivity contribution in [3.63, 3.8) is 0 Å². The molecule has 0 aliphatic heterocycles. The standard InChI is InChI=1S/C12H18N2O3S/c1-4-18(16,17)9(3)12(15)14-11-6-5-10(13)7-8(11)2/h5-7,9H,4,13H2,1-3H3,(H,14,15). The van der Waals surface area contributed by atoms with E-state index in [4.69, 9.17) is 5.73 Å². The van der Waals surface area contributed by atoms with Gasteiger partial charge in [-0.05, 0) is 37.6 Å². The Morgan fingerprint density at radius 1 is 1.44 bits per heavy atom. The van der Waals surface area contributed by atoms with Crippen molar-refractivity contribution in [3.05, 3.63) is 23.8 Å². The number of hydrogen-bond acceptors (Lipinski definition) is 4. The molecule has 0 radical (unpaired) electrons. The zero-order valence-electron chi connectivity index (χ0n) is 10.7. The highest BCUT2D eigenvalue weighted by atomic mass is 32.2. The van der Waals surface area contributed by atoms with Gasteiger partial charge in [-0.25, -0.2) is 8.42 Å². The Bertz CT molecular complexity index is 552. The molecule has 1 rings (SSSR count). The van der Waals surface area contributed by atoms with Gasteiger partial charge < -0.3 is 11.1 Å². The van der Waals surface area contributed by atoms with Crippen LogP contribution < -0.4 is 11.1 Å². The molecule has 1 aromatic rings. The summed E-state index contributed by atoms with van der Waals surface area (Å²) in [6.45, 7) is 4.71. The lowest BCUT2D eigenvalue weighted by atomic mass is 10.2. The van der Waals surface area contributed by atoms with Gasteiger partial charge in [-0.3, -0.25) is 4.79 Å². The molecule has 1 unspecified atom stereocenters. The Morgan fingerprint density at radius 3 is 2.56 bits per heavy atom. The summed E-state index contributed by atoms with van der Waals surface area (Å²) in [6, 6.07) is 5.03. The van der Waals surface area contributed by atoms with Gasteiger partial charge in [0.25, 0.3) is 0 Å². The fraction of sp³-hybridized carbons (Fsp3) is 0.417. The normalized spacial score (nSPS) is 13.1. The van der Waals surface area contributed by atoms with E-state index in [0.717, 1.165) is 5.56 Å². The third kappa shape index (κ3) is 3.22. The monoisotopic (exact) mass is 270 g/mol. The summed E-state index contributed by atoms with van der Waals surface area (Å²) in [4.78, 5) is 11.8. The van der Waals surface area contributed by atoms with Gasteiger partial charge in [-0.15, -0.1) is 0 Å². The fourth-order valence-corrected chi connectivity index (χ4v) is 2.36. The second kappa shape index (κ2) is 5.39. The van der Waals surface area contributed by atoms with Crippen LogP contribution in [0.15, 0.2) is 18.2 Å². The van der Waals surface area contributed by atoms with E-state index in [1.165, 1.54) is 13.8 Å². The molecule has 0 aliphatic rings. The van der Waals surface area contributed by atoms with Crippen molar-refractivity contribution in [2.24, 2.45) is 0 Å². The van der Waals surface area contributed by atoms with Gasteiger partial charge >= 0.3 is 0 Å². The van der Waals surface area contributed by atoms with Gasteiger partial charge in [0.1, 0.15) is 5.25 Å². The zero-order chi connectivity index (χ0) is 13.9. The van der Waals surface area contributed by atoms with Gasteiger partial charge in [0.15, 0.2) is 9.84 Å². The van der Waals surface area contributed by atoms with Crippen LogP contribution in [0.1, 0.15) is 19.4 Å². The molecule has 6 heteroatoms. The van der Waals surface area contributed by atoms with Crippen molar-refractivity contribution < 1.29 is 13.2 Å². The number of nitrogens with two attached hydrogens (primary N) is 1. The SMILES string of the molecule is CCS(=O)(=O)C(C)C(=O)Nc1ccc(N)cc1C. The molecule has 0 bridgehead atoms. The Morgan fingerprint density at radius 2 is 2.06 bits per heavy atom. The summed E-state index contributed by atoms with van der Waals surface area (Å²) in [5.74, 6) is -0.577. The molecule has 18 heavy (non-hydrogen) atoms. The predicted molar refractivity (Wildman–Crippen MR) is 73.1 cm³/mol. The summed E-state index contributed by atoms with van der Waals surface area (Å²) in [6.07, 6.45) is 0. The number of sulfone groups is 1. The molecule has 5 nitrogen and oxygen atoms in total. The molecule has 0 heterocycles. The summed E-state index contributed by atoms with van der Waals surface area (Å²) in [5.41, 5.74) is 7.57. The number of benzene rings is 1. The maximum absolute atomic E-state index is 11.8. The molecule has 1 aromatic carbocycles. The smallest absolute Gasteiger partial charge is 0.242 e. The lowest BCUT2D eigenvalue weighted by molar-refractivity contribution is -0.115. The number of rotatable bonds is 4. The summed E-state index contributed by atoms with van der Waals surface area (Å²) < 4.78 is 23.2. The molecule has 0 aliphatic carbocycles. The topological polar surface area (TPSA) is 89.3 Å². The van der Waals surface area contributed by atoms with E-state index in [9.17, 15) is 13.2 Å². The fourth-order valence-electron chi connectivity index (χ4n) is 1.47. The van der Waals surface area contributed by atoms with Crippen molar-refractivity contribution in [1.29, 1.82) is 0 Å². The van der Waals surface area contributed by atoms with Gasteiger partial charge in [0.05, 0.1) is 0 Å². The van der Waals surface area contributed by atoms with Crippen LogP contribution in [0.2, 0.25) is 0 Å². The van der Waals surface area contributed by atoms with Gasteiger partial charge in [-0.1, -0.05) is 6.92 Å². The highest BCUT2D eigenvalue weighted by molar-refractivity contribution is 7.92. The predicted octanol–water partition coefficient (Wildman–Crippen LogP) is 1.34. The number of nitrogen functional groups attached to an aromatic ring is 1. The van der Waals surface area contributed by atoms with Crippen LogP contribution >= 0.6 is 0 Å². The molecule has 0 fully saturated rings. The lowest BCUT2D eigenvalue weighted by Gasteiger charge is -2.13. The molecule has 1 atom stereocenters. The number of hydrogen-bond donors (Lipinski definition) is 2. The largest absolute Gasteiger partial charge is 0.399 e. The number of aryl methyl sites for hydroxylation is 1. The van der Waals surface area contributed by atoms with Crippen molar-refractivity contribution >= 4 is 27.1 Å². The van der Waals surface area contributed by atoms with Crippen molar-refractivity contribution in [1.82, 2.24) is 0 Å². The van der Waals surface area contributed by atoms with Crippen molar-refractivity contribution in [2.75, 3.05) is 16.8 Å². The molecule has 3 N–H and O–H groups in total. The first-order valence-electron chi connectivity index (χ1n) is 5.66. The number of nitrogens with one attached hydrogen (secondary N) is 1. The maximum Gasteiger partial charge on any atom is 0.242 e. The minimum Gasteiger partial charge on any atom is -0.399 e. The van der Waals surface area contributed by atoms with E-state index < -0.39 is 21.0 Å². The minimum atomic E-state index is -3.38. The van der Waals surface area contributed by atoms with E-state index in [-0.39, 0.29) is 5.75 Å². The molecule has 1 amide bonds. The minimum absolute atomic E-state index is 0.0533. The van der Waals surface area contributed by atoms with Crippen LogP contribution in [0, 0.1) is 6.92 Å². The van der Waals surface area contributed by atoms with Crippen molar-refractivity contribution in [2.45, 2.75) is 26.0 Å². The van der Waals surface area contributed by atoms with E-state index in [0.29, 0.717) is 11.4 Å². The number of anilines is 2. The van der Waals surface area contributed by atoms with Crippen LogP contribution in [0.25, 0.3) is 0 Å². The molecular weight excluding hydrogens is 252 g/mol. The summed E-state index contributed by atoms with van der Waals surface area (Å²) in [7, 11) is -3.38. The van der Waals surface area contributed by atoms with Crippen molar-refractivity contribution in [3.8, 4) is 0 Å². The molecular formula is C12H18N2O3S. The van der Waals surface area contributed by atoms with E-state index in [2.05, 4.69) is 5.32 Å². The summed E-state index contributed by atoms with van der Waals surface area (Å²) >= 11 is 0. The first-order valence-corrected chi connectivity index (χ1v) is 7.38. The van der Waals surface area contributed by atoms with Gasteiger partial charge in [0.2, 0.25) is 5.91 Å². The van der Waals surface area contributed by atoms with Crippen LogP contribution in [0.4, 0.5) is 11.4 Å². The Kier molecular flexibility index (Phi) is 4.34. The Hall–Kier alpha value is -1.56. The van der Waals surface area contributed by atoms with Crippen LogP contribution in [-0.4, -0.2) is 25.3 Å². The number of carbonyl (C=O) groups excluding carboxylic acids is 1. The van der Waals surface area contributed by atoms with Crippen LogP contribution in [0.5, 0.6) is 0 Å². The molecule has 0 saturated heterocycles. The Balaban J connectivity index is 2.89. The average molecular weight is 270 g/mol. The maximum atomic E-state index is 11.8. The zero-order valence-corrected chi connectivity index (χ0v) is 11.5. The molecule has 0 aromatic heterocycles. The Labute approximate surface area is 107 Å². The quantitative estimate of drug-likeness (QED) is 0.808. The van der Waals surface area contributed by atoms with E-state index >= 15 is 0 Å². The highest BCUT2D eigenvalue weighted by Crippen LogP contribution is 2.18. The van der Waals surface area contributed by atoms with Crippen LogP contribution in [0.3, 0.4) is 0 Å². The summed E-state index contributed by atoms with van der Waals surface area (Å²) in [5, 5.41) is 1.55. The number of amides is 1. The molecule has 0 saturated carbocycles. The second-order valence-electron chi connectivity index (χ2n) is 4.16. The number of carbonyl (C=O) groups is 1.